The van der Waals surface area contributed by atoms with Gasteiger partial charge in [0.05, 0.1) is 0 Å². The van der Waals surface area contributed by atoms with Crippen LogP contribution >= 0.6 is 12.4 Å². The Morgan fingerprint density at radius 3 is 2.87 bits per heavy atom. The molecule has 1 aromatic rings. The van der Waals surface area contributed by atoms with E-state index in [1.165, 1.54) is 4.68 Å². The molecule has 1 aromatic heterocycles. The number of nitrogens with zero attached hydrogens (tertiary/aromatic N) is 2. The van der Waals surface area contributed by atoms with E-state index in [1.54, 1.807) is 13.2 Å². The summed E-state index contributed by atoms with van der Waals surface area (Å²) in [7, 11) is 1.67. The Morgan fingerprint density at radius 2 is 2.33 bits per heavy atom. The van der Waals surface area contributed by atoms with Gasteiger partial charge in [-0.1, -0.05) is 0 Å². The summed E-state index contributed by atoms with van der Waals surface area (Å²) < 4.78 is 26.6. The van der Waals surface area contributed by atoms with Gasteiger partial charge in [0.1, 0.15) is 5.69 Å². The molecule has 1 atom stereocenters. The smallest absolute Gasteiger partial charge is 0.282 e. The van der Waals surface area contributed by atoms with Crippen molar-refractivity contribution in [1.82, 2.24) is 15.1 Å². The highest BCUT2D eigenvalue weighted by Gasteiger charge is 2.25. The number of hydrogen-bond donors (Lipinski definition) is 1. The van der Waals surface area contributed by atoms with Crippen LogP contribution in [-0.4, -0.2) is 16.3 Å². The van der Waals surface area contributed by atoms with Gasteiger partial charge >= 0.3 is 0 Å². The fourth-order valence-electron chi connectivity index (χ4n) is 1.91. The first-order chi connectivity index (χ1) is 6.68. The summed E-state index contributed by atoms with van der Waals surface area (Å²) in [5.74, 6) is 0. The summed E-state index contributed by atoms with van der Waals surface area (Å²) in [6, 6.07) is 0.0627. The van der Waals surface area contributed by atoms with Gasteiger partial charge in [-0.25, -0.2) is 8.78 Å². The number of aromatic nitrogens is 2. The summed E-state index contributed by atoms with van der Waals surface area (Å²) in [5, 5.41) is 6.98. The second-order valence-corrected chi connectivity index (χ2v) is 3.59. The molecule has 0 bridgehead atoms. The molecule has 3 nitrogen and oxygen atoms in total. The SMILES string of the molecule is Cl.Cn1cc(C2CCCN2)c(C(F)F)n1. The Kier molecular flexibility index (Phi) is 4.04. The molecule has 1 aliphatic rings. The molecule has 1 saturated heterocycles. The molecule has 1 N–H and O–H groups in total. The standard InChI is InChI=1S/C9H13F2N3.ClH/c1-14-5-6(7-3-2-4-12-7)8(13-14)9(10)11;/h5,7,9,12H,2-4H2,1H3;1H. The monoisotopic (exact) mass is 237 g/mol. The third-order valence-electron chi connectivity index (χ3n) is 2.53. The van der Waals surface area contributed by atoms with Crippen molar-refractivity contribution >= 4 is 12.4 Å². The molecule has 15 heavy (non-hydrogen) atoms. The van der Waals surface area contributed by atoms with Gasteiger partial charge in [0.25, 0.3) is 6.43 Å². The Labute approximate surface area is 93.3 Å². The van der Waals surface area contributed by atoms with Crippen molar-refractivity contribution in [2.24, 2.45) is 7.05 Å². The van der Waals surface area contributed by atoms with Crippen LogP contribution in [0, 0.1) is 0 Å². The van der Waals surface area contributed by atoms with Gasteiger partial charge in [-0.2, -0.15) is 5.10 Å². The van der Waals surface area contributed by atoms with E-state index in [2.05, 4.69) is 10.4 Å². The van der Waals surface area contributed by atoms with E-state index in [9.17, 15) is 8.78 Å². The van der Waals surface area contributed by atoms with Crippen LogP contribution in [0.15, 0.2) is 6.20 Å². The maximum Gasteiger partial charge on any atom is 0.282 e. The lowest BCUT2D eigenvalue weighted by atomic mass is 10.1. The molecule has 2 heterocycles. The number of aryl methyl sites for hydroxylation is 1. The molecule has 0 radical (unpaired) electrons. The number of alkyl halides is 2. The maximum absolute atomic E-state index is 12.6. The molecule has 0 aliphatic carbocycles. The zero-order chi connectivity index (χ0) is 10.1. The minimum absolute atomic E-state index is 0. The van der Waals surface area contributed by atoms with Crippen LogP contribution in [0.3, 0.4) is 0 Å². The average molecular weight is 238 g/mol. The molecule has 0 saturated carbocycles. The Morgan fingerprint density at radius 1 is 1.60 bits per heavy atom. The second-order valence-electron chi connectivity index (χ2n) is 3.59. The van der Waals surface area contributed by atoms with Gasteiger partial charge in [-0.05, 0) is 19.4 Å². The van der Waals surface area contributed by atoms with E-state index < -0.39 is 6.43 Å². The molecule has 2 rings (SSSR count). The highest BCUT2D eigenvalue weighted by atomic mass is 35.5. The van der Waals surface area contributed by atoms with Crippen molar-refractivity contribution in [1.29, 1.82) is 0 Å². The van der Waals surface area contributed by atoms with Crippen molar-refractivity contribution in [3.05, 3.63) is 17.5 Å². The predicted octanol–water partition coefficient (Wildman–Crippen LogP) is 2.20. The zero-order valence-corrected chi connectivity index (χ0v) is 9.23. The Hall–Kier alpha value is -0.680. The van der Waals surface area contributed by atoms with Crippen LogP contribution in [0.5, 0.6) is 0 Å². The molecular formula is C9H14ClF2N3. The van der Waals surface area contributed by atoms with Crippen LogP contribution in [0.25, 0.3) is 0 Å². The zero-order valence-electron chi connectivity index (χ0n) is 8.41. The summed E-state index contributed by atoms with van der Waals surface area (Å²) in [5.41, 5.74) is 0.576. The van der Waals surface area contributed by atoms with Gasteiger partial charge in [-0.15, -0.1) is 12.4 Å². The van der Waals surface area contributed by atoms with E-state index in [-0.39, 0.29) is 24.1 Å². The quantitative estimate of drug-likeness (QED) is 0.855. The number of hydrogen-bond acceptors (Lipinski definition) is 2. The van der Waals surface area contributed by atoms with Gasteiger partial charge < -0.3 is 5.32 Å². The lowest BCUT2D eigenvalue weighted by Gasteiger charge is -2.09. The van der Waals surface area contributed by atoms with E-state index in [0.29, 0.717) is 5.56 Å². The Balaban J connectivity index is 0.00000112. The number of nitrogens with one attached hydrogen (secondary N) is 1. The number of halogens is 3. The van der Waals surface area contributed by atoms with E-state index in [4.69, 9.17) is 0 Å². The largest absolute Gasteiger partial charge is 0.310 e. The summed E-state index contributed by atoms with van der Waals surface area (Å²) in [4.78, 5) is 0. The van der Waals surface area contributed by atoms with Crippen LogP contribution < -0.4 is 5.32 Å². The summed E-state index contributed by atoms with van der Waals surface area (Å²) >= 11 is 0. The molecule has 1 aliphatic heterocycles. The van der Waals surface area contributed by atoms with E-state index in [1.807, 2.05) is 0 Å². The van der Waals surface area contributed by atoms with Crippen LogP contribution in [0.4, 0.5) is 8.78 Å². The van der Waals surface area contributed by atoms with Gasteiger partial charge in [0, 0.05) is 24.8 Å². The molecule has 1 fully saturated rings. The lowest BCUT2D eigenvalue weighted by Crippen LogP contribution is -2.13. The van der Waals surface area contributed by atoms with E-state index >= 15 is 0 Å². The van der Waals surface area contributed by atoms with E-state index in [0.717, 1.165) is 19.4 Å². The summed E-state index contributed by atoms with van der Waals surface area (Å²) in [6.45, 7) is 0.905. The second kappa shape index (κ2) is 4.90. The molecule has 1 unspecified atom stereocenters. The summed E-state index contributed by atoms with van der Waals surface area (Å²) in [6.07, 6.45) is 1.17. The van der Waals surface area contributed by atoms with Gasteiger partial charge in [0.2, 0.25) is 0 Å². The van der Waals surface area contributed by atoms with Crippen molar-refractivity contribution in [2.45, 2.75) is 25.3 Å². The molecular weight excluding hydrogens is 224 g/mol. The molecule has 0 spiro atoms. The highest BCUT2D eigenvalue weighted by Crippen LogP contribution is 2.30. The first kappa shape index (κ1) is 12.4. The van der Waals surface area contributed by atoms with Crippen LogP contribution in [0.1, 0.15) is 36.6 Å². The first-order valence-corrected chi connectivity index (χ1v) is 4.73. The molecule has 86 valence electrons. The lowest BCUT2D eigenvalue weighted by molar-refractivity contribution is 0.143. The van der Waals surface area contributed by atoms with Crippen LogP contribution in [0.2, 0.25) is 0 Å². The van der Waals surface area contributed by atoms with Crippen LogP contribution in [-0.2, 0) is 7.05 Å². The third-order valence-corrected chi connectivity index (χ3v) is 2.53. The fourth-order valence-corrected chi connectivity index (χ4v) is 1.91. The fraction of sp³-hybridized carbons (Fsp3) is 0.667. The molecule has 0 amide bonds. The molecule has 6 heteroatoms. The highest BCUT2D eigenvalue weighted by molar-refractivity contribution is 5.85. The minimum Gasteiger partial charge on any atom is -0.310 e. The van der Waals surface area contributed by atoms with Gasteiger partial charge in [-0.3, -0.25) is 4.68 Å². The normalized spacial score (nSPS) is 20.7. The predicted molar refractivity (Wildman–Crippen MR) is 55.4 cm³/mol. The molecule has 0 aromatic carbocycles. The average Bonchev–Trinajstić information content (AvgIpc) is 2.70. The van der Waals surface area contributed by atoms with Crippen molar-refractivity contribution in [3.63, 3.8) is 0 Å². The van der Waals surface area contributed by atoms with Crippen molar-refractivity contribution < 1.29 is 8.78 Å². The van der Waals surface area contributed by atoms with Crippen molar-refractivity contribution in [3.8, 4) is 0 Å². The van der Waals surface area contributed by atoms with Crippen molar-refractivity contribution in [2.75, 3.05) is 6.54 Å². The Bertz CT molecular complexity index is 321. The first-order valence-electron chi connectivity index (χ1n) is 4.73. The third kappa shape index (κ3) is 2.46. The minimum atomic E-state index is -2.48. The van der Waals surface area contributed by atoms with Gasteiger partial charge in [0.15, 0.2) is 0 Å². The number of rotatable bonds is 2. The maximum atomic E-state index is 12.6. The topological polar surface area (TPSA) is 29.9 Å².